The normalized spacial score (nSPS) is 11.1. The summed E-state index contributed by atoms with van der Waals surface area (Å²) < 4.78 is 11.6. The van der Waals surface area contributed by atoms with Gasteiger partial charge in [-0.25, -0.2) is 15.4 Å². The van der Waals surface area contributed by atoms with E-state index in [1.807, 2.05) is 50.2 Å². The third kappa shape index (κ3) is 5.27. The summed E-state index contributed by atoms with van der Waals surface area (Å²) in [5.74, 6) is 1.20. The Morgan fingerprint density at radius 1 is 1.18 bits per heavy atom. The minimum atomic E-state index is -0.343. The second kappa shape index (κ2) is 10.5. The Morgan fingerprint density at radius 2 is 1.97 bits per heavy atom. The number of thiophene rings is 1. The van der Waals surface area contributed by atoms with Crippen LogP contribution in [0.3, 0.4) is 0 Å². The van der Waals surface area contributed by atoms with E-state index in [9.17, 15) is 4.79 Å². The second-order valence-electron chi connectivity index (χ2n) is 7.25. The topological polar surface area (TPSA) is 112 Å². The fourth-order valence-corrected chi connectivity index (χ4v) is 4.44. The first-order valence-corrected chi connectivity index (χ1v) is 11.6. The first kappa shape index (κ1) is 23.5. The molecule has 4 aromatic rings. The van der Waals surface area contributed by atoms with Gasteiger partial charge in [-0.1, -0.05) is 23.7 Å². The minimum Gasteiger partial charge on any atom is -0.490 e. The van der Waals surface area contributed by atoms with Crippen LogP contribution in [0.2, 0.25) is 5.02 Å². The van der Waals surface area contributed by atoms with Gasteiger partial charge in [-0.2, -0.15) is 5.10 Å². The van der Waals surface area contributed by atoms with Gasteiger partial charge in [-0.3, -0.25) is 4.79 Å². The highest BCUT2D eigenvalue weighted by molar-refractivity contribution is 7.20. The first-order chi connectivity index (χ1) is 16.5. The molecule has 2 heterocycles. The Labute approximate surface area is 205 Å². The number of nitrogens with zero attached hydrogens (tertiary/aromatic N) is 3. The molecule has 2 aromatic carbocycles. The molecule has 4 rings (SSSR count). The molecule has 0 aliphatic rings. The molecule has 0 saturated heterocycles. The molecule has 2 aromatic heterocycles. The van der Waals surface area contributed by atoms with E-state index < -0.39 is 0 Å². The third-order valence-corrected chi connectivity index (χ3v) is 6.37. The van der Waals surface area contributed by atoms with Crippen LogP contribution < -0.4 is 20.6 Å². The zero-order chi connectivity index (χ0) is 24.1. The molecule has 0 spiro atoms. The Morgan fingerprint density at radius 3 is 2.71 bits per heavy atom. The van der Waals surface area contributed by atoms with Crippen LogP contribution in [-0.2, 0) is 6.61 Å². The van der Waals surface area contributed by atoms with Crippen molar-refractivity contribution in [2.45, 2.75) is 20.5 Å². The molecule has 0 radical (unpaired) electrons. The summed E-state index contributed by atoms with van der Waals surface area (Å²) >= 11 is 7.18. The molecule has 0 aliphatic heterocycles. The van der Waals surface area contributed by atoms with E-state index >= 15 is 0 Å². The Hall–Kier alpha value is -3.69. The van der Waals surface area contributed by atoms with E-state index in [1.54, 1.807) is 12.3 Å². The highest BCUT2D eigenvalue weighted by Crippen LogP contribution is 2.32. The van der Waals surface area contributed by atoms with Crippen molar-refractivity contribution in [2.24, 2.45) is 5.10 Å². The highest BCUT2D eigenvalue weighted by atomic mass is 35.5. The third-order valence-electron chi connectivity index (χ3n) is 4.92. The molecule has 0 fully saturated rings. The van der Waals surface area contributed by atoms with Gasteiger partial charge < -0.3 is 15.2 Å². The van der Waals surface area contributed by atoms with E-state index in [4.69, 9.17) is 26.8 Å². The van der Waals surface area contributed by atoms with Gasteiger partial charge >= 0.3 is 0 Å². The number of carbonyl (C=O) groups excluding carboxylic acids is 1. The summed E-state index contributed by atoms with van der Waals surface area (Å²) in [6, 6.07) is 12.9. The predicted molar refractivity (Wildman–Crippen MR) is 135 cm³/mol. The van der Waals surface area contributed by atoms with Crippen molar-refractivity contribution in [1.82, 2.24) is 15.4 Å². The van der Waals surface area contributed by atoms with Crippen molar-refractivity contribution in [1.29, 1.82) is 0 Å². The lowest BCUT2D eigenvalue weighted by Gasteiger charge is -2.12. The number of amides is 1. The number of hydrogen-bond donors (Lipinski definition) is 2. The van der Waals surface area contributed by atoms with Gasteiger partial charge in [-0.15, -0.1) is 11.3 Å². The van der Waals surface area contributed by atoms with Gasteiger partial charge in [-0.05, 0) is 60.9 Å². The molecule has 0 unspecified atom stereocenters. The number of nitrogens with one attached hydrogen (secondary N) is 1. The van der Waals surface area contributed by atoms with Crippen molar-refractivity contribution in [3.8, 4) is 11.5 Å². The van der Waals surface area contributed by atoms with Crippen molar-refractivity contribution < 1.29 is 14.3 Å². The second-order valence-corrected chi connectivity index (χ2v) is 8.68. The number of benzene rings is 2. The van der Waals surface area contributed by atoms with Gasteiger partial charge in [0.15, 0.2) is 11.5 Å². The van der Waals surface area contributed by atoms with Crippen LogP contribution in [0.5, 0.6) is 11.5 Å². The monoisotopic (exact) mass is 495 g/mol. The molecule has 3 N–H and O–H groups in total. The van der Waals surface area contributed by atoms with Crippen LogP contribution in [0.25, 0.3) is 10.2 Å². The van der Waals surface area contributed by atoms with Crippen LogP contribution in [0.1, 0.15) is 33.3 Å². The Balaban J connectivity index is 1.44. The van der Waals surface area contributed by atoms with E-state index in [2.05, 4.69) is 20.5 Å². The number of carbonyl (C=O) groups is 1. The highest BCUT2D eigenvalue weighted by Gasteiger charge is 2.18. The maximum atomic E-state index is 12.6. The van der Waals surface area contributed by atoms with Crippen LogP contribution in [0, 0.1) is 6.92 Å². The average molecular weight is 496 g/mol. The smallest absolute Gasteiger partial charge is 0.281 e. The van der Waals surface area contributed by atoms with Crippen molar-refractivity contribution in [2.75, 3.05) is 12.3 Å². The summed E-state index contributed by atoms with van der Waals surface area (Å²) in [5.41, 5.74) is 10.9. The lowest BCUT2D eigenvalue weighted by Crippen LogP contribution is -2.17. The summed E-state index contributed by atoms with van der Waals surface area (Å²) in [4.78, 5) is 22.0. The lowest BCUT2D eigenvalue weighted by atomic mass is 10.2. The van der Waals surface area contributed by atoms with Crippen molar-refractivity contribution >= 4 is 51.1 Å². The van der Waals surface area contributed by atoms with E-state index in [1.165, 1.54) is 17.7 Å². The first-order valence-electron chi connectivity index (χ1n) is 10.4. The predicted octanol–water partition coefficient (Wildman–Crippen LogP) is 4.98. The fraction of sp³-hybridized carbons (Fsp3) is 0.167. The maximum Gasteiger partial charge on any atom is 0.281 e. The standard InChI is InChI=1S/C24H22ClN5O3S/c1-3-32-19-10-16(6-9-18(19)33-12-15-4-7-17(25)8-5-15)11-29-30-23(31)21-14(2)20-22(26)27-13-28-24(20)34-21/h4-11,13H,3,12H2,1-2H3,(H,30,31)(H2,26,27,28)/b29-11-. The number of ether oxygens (including phenoxy) is 2. The maximum absolute atomic E-state index is 12.6. The zero-order valence-electron chi connectivity index (χ0n) is 18.5. The van der Waals surface area contributed by atoms with Crippen molar-refractivity contribution in [3.05, 3.63) is 75.4 Å². The number of fused-ring (bicyclic) bond motifs is 1. The molecule has 10 heteroatoms. The van der Waals surface area contributed by atoms with Gasteiger partial charge in [0.2, 0.25) is 0 Å². The van der Waals surface area contributed by atoms with Gasteiger partial charge in [0.05, 0.1) is 23.1 Å². The summed E-state index contributed by atoms with van der Waals surface area (Å²) in [6.45, 7) is 4.57. The molecule has 1 amide bonds. The van der Waals surface area contributed by atoms with E-state index in [0.717, 1.165) is 16.7 Å². The number of nitrogens with two attached hydrogens (primary N) is 1. The zero-order valence-corrected chi connectivity index (χ0v) is 20.1. The molecule has 0 aliphatic carbocycles. The van der Waals surface area contributed by atoms with Crippen LogP contribution >= 0.6 is 22.9 Å². The average Bonchev–Trinajstić information content (AvgIpc) is 3.17. The fourth-order valence-electron chi connectivity index (χ4n) is 3.27. The minimum absolute atomic E-state index is 0.343. The Kier molecular flexibility index (Phi) is 7.24. The molecule has 34 heavy (non-hydrogen) atoms. The van der Waals surface area contributed by atoms with Gasteiger partial charge in [0.1, 0.15) is 23.6 Å². The quantitative estimate of drug-likeness (QED) is 0.263. The number of hydrazone groups is 1. The number of hydrogen-bond acceptors (Lipinski definition) is 8. The molecule has 0 atom stereocenters. The molecule has 174 valence electrons. The molecule has 0 saturated carbocycles. The van der Waals surface area contributed by atoms with Gasteiger partial charge in [0.25, 0.3) is 5.91 Å². The SMILES string of the molecule is CCOc1cc(/C=N\NC(=O)c2sc3ncnc(N)c3c2C)ccc1OCc1ccc(Cl)cc1. The number of nitrogen functional groups attached to an aromatic ring is 1. The number of rotatable bonds is 8. The Bertz CT molecular complexity index is 1350. The summed E-state index contributed by atoms with van der Waals surface area (Å²) in [5, 5.41) is 5.46. The van der Waals surface area contributed by atoms with Gasteiger partial charge in [0, 0.05) is 5.02 Å². The number of halogens is 1. The van der Waals surface area contributed by atoms with Crippen LogP contribution in [-0.4, -0.2) is 28.7 Å². The molecule has 0 bridgehead atoms. The summed E-state index contributed by atoms with van der Waals surface area (Å²) in [6.07, 6.45) is 2.92. The number of aromatic nitrogens is 2. The van der Waals surface area contributed by atoms with Crippen molar-refractivity contribution in [3.63, 3.8) is 0 Å². The van der Waals surface area contributed by atoms with Crippen LogP contribution in [0.4, 0.5) is 5.82 Å². The van der Waals surface area contributed by atoms with E-state index in [-0.39, 0.29) is 5.91 Å². The summed E-state index contributed by atoms with van der Waals surface area (Å²) in [7, 11) is 0. The number of anilines is 1. The molecule has 8 nitrogen and oxygen atoms in total. The number of aryl methyl sites for hydroxylation is 1. The van der Waals surface area contributed by atoms with Crippen LogP contribution in [0.15, 0.2) is 53.9 Å². The molecular weight excluding hydrogens is 474 g/mol. The van der Waals surface area contributed by atoms with E-state index in [0.29, 0.717) is 50.6 Å². The molecular formula is C24H22ClN5O3S. The largest absolute Gasteiger partial charge is 0.490 e. The lowest BCUT2D eigenvalue weighted by molar-refractivity contribution is 0.0958.